The number of hydrogen-bond acceptors (Lipinski definition) is 3. The smallest absolute Gasteiger partial charge is 0.261 e. The van der Waals surface area contributed by atoms with E-state index in [4.69, 9.17) is 0 Å². The number of aromatic nitrogens is 1. The highest BCUT2D eigenvalue weighted by molar-refractivity contribution is 6.05. The zero-order valence-electron chi connectivity index (χ0n) is 17.9. The Morgan fingerprint density at radius 3 is 2.50 bits per heavy atom. The topological polar surface area (TPSA) is 65.2 Å². The molecule has 0 unspecified atom stereocenters. The number of anilines is 2. The minimum Gasteiger partial charge on any atom is -0.371 e. The van der Waals surface area contributed by atoms with Crippen LogP contribution in [0.3, 0.4) is 0 Å². The standard InChI is InChI=1S/C25H29N3O2/c1-25(2,3)20-12-11-17(15-22(20)28-13-7-4-8-14-28)27-24(30)19-16-26-21-10-6-5-9-18(21)23(19)29/h5-6,9-12,15-16H,4,7-8,13-14H2,1-3H3,(H,26,29)(H,27,30). The molecule has 0 atom stereocenters. The largest absolute Gasteiger partial charge is 0.371 e. The Kier molecular flexibility index (Phi) is 5.37. The predicted octanol–water partition coefficient (Wildman–Crippen LogP) is 5.07. The lowest BCUT2D eigenvalue weighted by Crippen LogP contribution is -2.32. The molecule has 1 aliphatic heterocycles. The molecule has 0 bridgehead atoms. The first-order valence-electron chi connectivity index (χ1n) is 10.7. The monoisotopic (exact) mass is 403 g/mol. The van der Waals surface area contributed by atoms with Gasteiger partial charge in [-0.05, 0) is 54.5 Å². The van der Waals surface area contributed by atoms with Gasteiger partial charge in [0.25, 0.3) is 5.91 Å². The number of fused-ring (bicyclic) bond motifs is 1. The molecule has 156 valence electrons. The minimum atomic E-state index is -0.393. The number of rotatable bonds is 3. The van der Waals surface area contributed by atoms with E-state index in [1.54, 1.807) is 12.1 Å². The van der Waals surface area contributed by atoms with E-state index in [2.05, 4.69) is 48.1 Å². The highest BCUT2D eigenvalue weighted by atomic mass is 16.2. The summed E-state index contributed by atoms with van der Waals surface area (Å²) >= 11 is 0. The van der Waals surface area contributed by atoms with Gasteiger partial charge in [-0.1, -0.05) is 39.0 Å². The molecule has 3 aromatic rings. The Bertz CT molecular complexity index is 1140. The Labute approximate surface area is 177 Å². The number of carbonyl (C=O) groups is 1. The average molecular weight is 404 g/mol. The van der Waals surface area contributed by atoms with Gasteiger partial charge in [0.05, 0.1) is 0 Å². The molecule has 1 aromatic heterocycles. The van der Waals surface area contributed by atoms with Gasteiger partial charge in [0.2, 0.25) is 5.43 Å². The Balaban J connectivity index is 1.67. The third-order valence-corrected chi connectivity index (χ3v) is 5.79. The molecular formula is C25H29N3O2. The van der Waals surface area contributed by atoms with Crippen molar-refractivity contribution >= 4 is 28.2 Å². The summed E-state index contributed by atoms with van der Waals surface area (Å²) in [5, 5.41) is 3.45. The highest BCUT2D eigenvalue weighted by Crippen LogP contribution is 2.35. The van der Waals surface area contributed by atoms with Crippen molar-refractivity contribution in [3.63, 3.8) is 0 Å². The number of para-hydroxylation sites is 1. The van der Waals surface area contributed by atoms with Gasteiger partial charge in [-0.3, -0.25) is 9.59 Å². The van der Waals surface area contributed by atoms with E-state index in [0.29, 0.717) is 11.1 Å². The summed E-state index contributed by atoms with van der Waals surface area (Å²) in [6, 6.07) is 13.3. The Hall–Kier alpha value is -3.08. The van der Waals surface area contributed by atoms with Crippen molar-refractivity contribution in [3.05, 3.63) is 70.0 Å². The van der Waals surface area contributed by atoms with Crippen molar-refractivity contribution in [1.82, 2.24) is 4.98 Å². The third kappa shape index (κ3) is 3.97. The zero-order valence-corrected chi connectivity index (χ0v) is 17.9. The van der Waals surface area contributed by atoms with Crippen LogP contribution in [0.5, 0.6) is 0 Å². The van der Waals surface area contributed by atoms with Crippen molar-refractivity contribution in [2.24, 2.45) is 0 Å². The second-order valence-electron chi connectivity index (χ2n) is 9.06. The Morgan fingerprint density at radius 2 is 1.77 bits per heavy atom. The van der Waals surface area contributed by atoms with E-state index in [0.717, 1.165) is 18.6 Å². The molecule has 30 heavy (non-hydrogen) atoms. The van der Waals surface area contributed by atoms with Crippen molar-refractivity contribution in [3.8, 4) is 0 Å². The van der Waals surface area contributed by atoms with Gasteiger partial charge in [-0.25, -0.2) is 0 Å². The van der Waals surface area contributed by atoms with Crippen LogP contribution in [0.15, 0.2) is 53.5 Å². The number of carbonyl (C=O) groups excluding carboxylic acids is 1. The second kappa shape index (κ2) is 7.98. The lowest BCUT2D eigenvalue weighted by molar-refractivity contribution is 0.102. The predicted molar refractivity (Wildman–Crippen MR) is 124 cm³/mol. The van der Waals surface area contributed by atoms with Crippen LogP contribution >= 0.6 is 0 Å². The lowest BCUT2D eigenvalue weighted by atomic mass is 9.85. The van der Waals surface area contributed by atoms with Crippen molar-refractivity contribution in [1.29, 1.82) is 0 Å². The van der Waals surface area contributed by atoms with Gasteiger partial charge in [0, 0.05) is 41.6 Å². The molecular weight excluding hydrogens is 374 g/mol. The van der Waals surface area contributed by atoms with E-state index in [-0.39, 0.29) is 16.4 Å². The molecule has 5 heteroatoms. The van der Waals surface area contributed by atoms with E-state index >= 15 is 0 Å². The molecule has 2 heterocycles. The molecule has 2 aromatic carbocycles. The summed E-state index contributed by atoms with van der Waals surface area (Å²) in [6.45, 7) is 8.70. The summed E-state index contributed by atoms with van der Waals surface area (Å²) in [5.41, 5.74) is 3.74. The molecule has 0 saturated carbocycles. The number of amides is 1. The van der Waals surface area contributed by atoms with Crippen LogP contribution in [0.25, 0.3) is 10.9 Å². The van der Waals surface area contributed by atoms with Gasteiger partial charge in [-0.15, -0.1) is 0 Å². The van der Waals surface area contributed by atoms with Gasteiger partial charge in [-0.2, -0.15) is 0 Å². The van der Waals surface area contributed by atoms with Crippen LogP contribution in [-0.2, 0) is 5.41 Å². The van der Waals surface area contributed by atoms with Crippen LogP contribution in [0, 0.1) is 0 Å². The quantitative estimate of drug-likeness (QED) is 0.642. The SMILES string of the molecule is CC(C)(C)c1ccc(NC(=O)c2c[nH]c3ccccc3c2=O)cc1N1CCCCC1. The highest BCUT2D eigenvalue weighted by Gasteiger charge is 2.23. The number of pyridine rings is 1. The summed E-state index contributed by atoms with van der Waals surface area (Å²) in [4.78, 5) is 31.1. The van der Waals surface area contributed by atoms with Gasteiger partial charge in [0.15, 0.2) is 0 Å². The molecule has 0 aliphatic carbocycles. The minimum absolute atomic E-state index is 0.00477. The van der Waals surface area contributed by atoms with Crippen molar-refractivity contribution < 1.29 is 4.79 Å². The summed E-state index contributed by atoms with van der Waals surface area (Å²) < 4.78 is 0. The molecule has 1 saturated heterocycles. The molecule has 1 amide bonds. The number of benzene rings is 2. The normalized spacial score (nSPS) is 14.7. The number of nitrogens with one attached hydrogen (secondary N) is 2. The number of piperidine rings is 1. The molecule has 1 aliphatic rings. The van der Waals surface area contributed by atoms with Crippen LogP contribution in [-0.4, -0.2) is 24.0 Å². The number of hydrogen-bond donors (Lipinski definition) is 2. The Morgan fingerprint density at radius 1 is 1.03 bits per heavy atom. The van der Waals surface area contributed by atoms with Crippen LogP contribution < -0.4 is 15.6 Å². The first-order chi connectivity index (χ1) is 14.3. The van der Waals surface area contributed by atoms with E-state index in [1.807, 2.05) is 18.2 Å². The molecule has 2 N–H and O–H groups in total. The average Bonchev–Trinajstić information content (AvgIpc) is 2.74. The van der Waals surface area contributed by atoms with Crippen LogP contribution in [0.1, 0.15) is 56.0 Å². The fourth-order valence-corrected chi connectivity index (χ4v) is 4.17. The number of nitrogens with zero attached hydrogens (tertiary/aromatic N) is 1. The molecule has 0 radical (unpaired) electrons. The number of H-pyrrole nitrogens is 1. The van der Waals surface area contributed by atoms with E-state index < -0.39 is 5.91 Å². The first kappa shape index (κ1) is 20.2. The lowest BCUT2D eigenvalue weighted by Gasteiger charge is -2.34. The van der Waals surface area contributed by atoms with Gasteiger partial charge < -0.3 is 15.2 Å². The first-order valence-corrected chi connectivity index (χ1v) is 10.7. The van der Waals surface area contributed by atoms with Crippen molar-refractivity contribution in [2.45, 2.75) is 45.4 Å². The van der Waals surface area contributed by atoms with E-state index in [9.17, 15) is 9.59 Å². The molecule has 4 rings (SSSR count). The maximum Gasteiger partial charge on any atom is 0.261 e. The number of aromatic amines is 1. The van der Waals surface area contributed by atoms with Crippen LogP contribution in [0.2, 0.25) is 0 Å². The van der Waals surface area contributed by atoms with Gasteiger partial charge in [0.1, 0.15) is 5.56 Å². The maximum absolute atomic E-state index is 12.9. The molecule has 0 spiro atoms. The zero-order chi connectivity index (χ0) is 21.3. The molecule has 5 nitrogen and oxygen atoms in total. The summed E-state index contributed by atoms with van der Waals surface area (Å²) in [6.07, 6.45) is 5.14. The second-order valence-corrected chi connectivity index (χ2v) is 9.06. The van der Waals surface area contributed by atoms with Crippen molar-refractivity contribution in [2.75, 3.05) is 23.3 Å². The van der Waals surface area contributed by atoms with Crippen LogP contribution in [0.4, 0.5) is 11.4 Å². The molecule has 1 fully saturated rings. The summed E-state index contributed by atoms with van der Waals surface area (Å²) in [7, 11) is 0. The maximum atomic E-state index is 12.9. The fourth-order valence-electron chi connectivity index (χ4n) is 4.17. The summed E-state index contributed by atoms with van der Waals surface area (Å²) in [5.74, 6) is -0.393. The fraction of sp³-hybridized carbons (Fsp3) is 0.360. The third-order valence-electron chi connectivity index (χ3n) is 5.79. The van der Waals surface area contributed by atoms with Gasteiger partial charge >= 0.3 is 0 Å². The van der Waals surface area contributed by atoms with E-state index in [1.165, 1.54) is 36.7 Å².